The van der Waals surface area contributed by atoms with Gasteiger partial charge in [-0.3, -0.25) is 14.4 Å². The Morgan fingerprint density at radius 1 is 1.05 bits per heavy atom. The quantitative estimate of drug-likeness (QED) is 0.361. The average Bonchev–Trinajstić information content (AvgIpc) is 3.61. The second kappa shape index (κ2) is 12.7. The third-order valence-corrected chi connectivity index (χ3v) is 10.1. The number of rotatable bonds is 8. The SMILES string of the molecule is CS(=O)(=O)NC(=O)c1cc2cc(NC(=O)[C@@H]3C(C4CCCCC4)CCN3C(=O)[C@H]3CC[C@H]([C@H](N)CF)CC3)ccc2[nH]1. The van der Waals surface area contributed by atoms with Gasteiger partial charge in [0.15, 0.2) is 0 Å². The largest absolute Gasteiger partial charge is 0.350 e. The summed E-state index contributed by atoms with van der Waals surface area (Å²) in [7, 11) is -3.72. The molecule has 0 radical (unpaired) electrons. The van der Waals surface area contributed by atoms with E-state index < -0.39 is 34.7 Å². The summed E-state index contributed by atoms with van der Waals surface area (Å²) in [6, 6.07) is 5.66. The number of hydrogen-bond acceptors (Lipinski definition) is 6. The number of nitrogens with two attached hydrogens (primary N) is 1. The van der Waals surface area contributed by atoms with Gasteiger partial charge in [0.2, 0.25) is 21.8 Å². The fraction of sp³-hybridized carbons (Fsp3) is 0.633. The molecule has 1 aromatic carbocycles. The van der Waals surface area contributed by atoms with Gasteiger partial charge in [0, 0.05) is 35.1 Å². The second-order valence-electron chi connectivity index (χ2n) is 12.4. The number of carbonyl (C=O) groups is 3. The molecule has 2 heterocycles. The van der Waals surface area contributed by atoms with Crippen LogP contribution in [0.1, 0.15) is 74.7 Å². The molecular weight excluding hydrogens is 561 g/mol. The topological polar surface area (TPSA) is 154 Å². The molecule has 42 heavy (non-hydrogen) atoms. The van der Waals surface area contributed by atoms with Crippen molar-refractivity contribution >= 4 is 44.3 Å². The summed E-state index contributed by atoms with van der Waals surface area (Å²) >= 11 is 0. The highest BCUT2D eigenvalue weighted by molar-refractivity contribution is 7.89. The molecule has 3 aliphatic rings. The van der Waals surface area contributed by atoms with Crippen LogP contribution in [0.3, 0.4) is 0 Å². The molecule has 230 valence electrons. The van der Waals surface area contributed by atoms with E-state index in [4.69, 9.17) is 5.73 Å². The van der Waals surface area contributed by atoms with Crippen LogP contribution in [0.4, 0.5) is 10.1 Å². The Morgan fingerprint density at radius 2 is 1.76 bits per heavy atom. The zero-order valence-corrected chi connectivity index (χ0v) is 24.9. The monoisotopic (exact) mass is 603 g/mol. The van der Waals surface area contributed by atoms with Crippen LogP contribution in [0.25, 0.3) is 10.9 Å². The summed E-state index contributed by atoms with van der Waals surface area (Å²) in [5.74, 6) is -0.566. The van der Waals surface area contributed by atoms with Gasteiger partial charge in [-0.05, 0) is 74.1 Å². The summed E-state index contributed by atoms with van der Waals surface area (Å²) < 4.78 is 38.0. The number of carbonyl (C=O) groups excluding carboxylic acids is 3. The summed E-state index contributed by atoms with van der Waals surface area (Å²) in [5.41, 5.74) is 7.17. The van der Waals surface area contributed by atoms with Crippen LogP contribution in [0.2, 0.25) is 0 Å². The molecule has 3 atom stereocenters. The van der Waals surface area contributed by atoms with E-state index >= 15 is 0 Å². The van der Waals surface area contributed by atoms with Crippen molar-refractivity contribution < 1.29 is 27.2 Å². The van der Waals surface area contributed by atoms with Crippen LogP contribution in [0, 0.1) is 23.7 Å². The van der Waals surface area contributed by atoms with E-state index in [0.29, 0.717) is 41.9 Å². The number of nitrogens with zero attached hydrogens (tertiary/aromatic N) is 1. The molecule has 3 fully saturated rings. The highest BCUT2D eigenvalue weighted by Crippen LogP contribution is 2.41. The van der Waals surface area contributed by atoms with Gasteiger partial charge in [0.1, 0.15) is 18.4 Å². The lowest BCUT2D eigenvalue weighted by molar-refractivity contribution is -0.142. The predicted molar refractivity (Wildman–Crippen MR) is 159 cm³/mol. The maximum absolute atomic E-state index is 14.0. The summed E-state index contributed by atoms with van der Waals surface area (Å²) in [6.07, 6.45) is 10.1. The van der Waals surface area contributed by atoms with Crippen LogP contribution >= 0.6 is 0 Å². The number of halogens is 1. The Balaban J connectivity index is 1.33. The Kier molecular flexibility index (Phi) is 9.22. The first-order valence-corrected chi connectivity index (χ1v) is 17.0. The number of aromatic amines is 1. The summed E-state index contributed by atoms with van der Waals surface area (Å²) in [4.78, 5) is 44.8. The molecule has 2 aliphatic carbocycles. The molecule has 12 heteroatoms. The van der Waals surface area contributed by atoms with Gasteiger partial charge in [-0.1, -0.05) is 32.1 Å². The second-order valence-corrected chi connectivity index (χ2v) is 14.2. The fourth-order valence-electron chi connectivity index (χ4n) is 7.38. The fourth-order valence-corrected chi connectivity index (χ4v) is 7.83. The molecule has 2 aromatic rings. The maximum atomic E-state index is 14.0. The molecule has 5 rings (SSSR count). The smallest absolute Gasteiger partial charge is 0.281 e. The highest BCUT2D eigenvalue weighted by atomic mass is 32.2. The first-order valence-electron chi connectivity index (χ1n) is 15.1. The molecule has 0 bridgehead atoms. The Hall–Kier alpha value is -2.99. The zero-order valence-electron chi connectivity index (χ0n) is 24.1. The lowest BCUT2D eigenvalue weighted by Gasteiger charge is -2.36. The zero-order chi connectivity index (χ0) is 30.0. The van der Waals surface area contributed by atoms with Gasteiger partial charge in [0.25, 0.3) is 5.91 Å². The van der Waals surface area contributed by atoms with Gasteiger partial charge in [-0.15, -0.1) is 0 Å². The minimum Gasteiger partial charge on any atom is -0.350 e. The standard InChI is InChI=1S/C30H42FN5O5S/c1-42(40,41)35-28(37)26-16-21-15-22(11-12-25(21)34-26)33-29(38)27-23(18-5-3-2-4-6-18)13-14-36(27)30(39)20-9-7-19(8-10-20)24(32)17-31/h11-12,15-16,18-20,23-24,27,34H,2-10,13-14,17,32H2,1H3,(H,33,38)(H,35,37)/t19-,20-,23?,24-,27+/m1/s1. The van der Waals surface area contributed by atoms with E-state index in [1.807, 2.05) is 4.72 Å². The van der Waals surface area contributed by atoms with Crippen molar-refractivity contribution in [1.29, 1.82) is 0 Å². The highest BCUT2D eigenvalue weighted by Gasteiger charge is 2.47. The van der Waals surface area contributed by atoms with Crippen molar-refractivity contribution in [1.82, 2.24) is 14.6 Å². The number of hydrogen-bond donors (Lipinski definition) is 4. The van der Waals surface area contributed by atoms with E-state index in [9.17, 15) is 27.2 Å². The van der Waals surface area contributed by atoms with Crippen LogP contribution in [0.5, 0.6) is 0 Å². The van der Waals surface area contributed by atoms with E-state index in [-0.39, 0.29) is 35.3 Å². The van der Waals surface area contributed by atoms with Crippen molar-refractivity contribution in [2.24, 2.45) is 29.4 Å². The predicted octanol–water partition coefficient (Wildman–Crippen LogP) is 3.70. The van der Waals surface area contributed by atoms with Gasteiger partial charge in [-0.25, -0.2) is 17.5 Å². The molecule has 1 aliphatic heterocycles. The molecule has 10 nitrogen and oxygen atoms in total. The van der Waals surface area contributed by atoms with Crippen molar-refractivity contribution in [3.05, 3.63) is 30.0 Å². The molecule has 5 N–H and O–H groups in total. The van der Waals surface area contributed by atoms with Crippen molar-refractivity contribution in [3.63, 3.8) is 0 Å². The molecular formula is C30H42FN5O5S. The van der Waals surface area contributed by atoms with E-state index in [2.05, 4.69) is 10.3 Å². The number of anilines is 1. The minimum atomic E-state index is -3.72. The average molecular weight is 604 g/mol. The molecule has 0 spiro atoms. The van der Waals surface area contributed by atoms with Gasteiger partial charge < -0.3 is 20.9 Å². The van der Waals surface area contributed by atoms with Crippen LogP contribution in [-0.2, 0) is 19.6 Å². The Bertz CT molecular complexity index is 1410. The van der Waals surface area contributed by atoms with Crippen LogP contribution in [-0.4, -0.2) is 67.6 Å². The van der Waals surface area contributed by atoms with Crippen LogP contribution < -0.4 is 15.8 Å². The molecule has 1 aromatic heterocycles. The molecule has 1 saturated heterocycles. The number of aromatic nitrogens is 1. The normalized spacial score (nSPS) is 26.2. The van der Waals surface area contributed by atoms with Crippen molar-refractivity contribution in [2.75, 3.05) is 24.8 Å². The van der Waals surface area contributed by atoms with Crippen molar-refractivity contribution in [2.45, 2.75) is 76.3 Å². The van der Waals surface area contributed by atoms with Crippen LogP contribution in [0.15, 0.2) is 24.3 Å². The molecule has 2 saturated carbocycles. The first-order chi connectivity index (χ1) is 20.0. The first kappa shape index (κ1) is 30.5. The maximum Gasteiger partial charge on any atom is 0.281 e. The number of alkyl halides is 1. The van der Waals surface area contributed by atoms with Gasteiger partial charge in [-0.2, -0.15) is 0 Å². The number of likely N-dealkylation sites (tertiary alicyclic amines) is 1. The Morgan fingerprint density at radius 3 is 2.43 bits per heavy atom. The van der Waals surface area contributed by atoms with Gasteiger partial charge in [0.05, 0.1) is 6.26 Å². The number of sulfonamides is 1. The van der Waals surface area contributed by atoms with Gasteiger partial charge >= 0.3 is 0 Å². The van der Waals surface area contributed by atoms with E-state index in [0.717, 1.165) is 51.2 Å². The molecule has 3 amide bonds. The number of amides is 3. The lowest BCUT2D eigenvalue weighted by atomic mass is 9.76. The minimum absolute atomic E-state index is 0.0170. The number of H-pyrrole nitrogens is 1. The number of fused-ring (bicyclic) bond motifs is 1. The summed E-state index contributed by atoms with van der Waals surface area (Å²) in [5, 5.41) is 3.67. The van der Waals surface area contributed by atoms with Crippen molar-refractivity contribution in [3.8, 4) is 0 Å². The third-order valence-electron chi connectivity index (χ3n) is 9.57. The number of benzene rings is 1. The van der Waals surface area contributed by atoms with E-state index in [1.165, 1.54) is 12.5 Å². The Labute approximate surface area is 246 Å². The van der Waals surface area contributed by atoms with E-state index in [1.54, 1.807) is 23.1 Å². The lowest BCUT2D eigenvalue weighted by Crippen LogP contribution is -2.50. The summed E-state index contributed by atoms with van der Waals surface area (Å²) in [6.45, 7) is 0.00207. The molecule has 1 unspecified atom stereocenters. The number of nitrogens with one attached hydrogen (secondary N) is 3. The third kappa shape index (κ3) is 6.80.